The Balaban J connectivity index is 2.40. The first kappa shape index (κ1) is 14.0. The molecule has 2 aromatic rings. The van der Waals surface area contributed by atoms with E-state index >= 15 is 0 Å². The number of rotatable bonds is 4. The number of carbonyl (C=O) groups excluding carboxylic acids is 1. The lowest BCUT2D eigenvalue weighted by molar-refractivity contribution is 0.0996. The van der Waals surface area contributed by atoms with Crippen molar-refractivity contribution < 1.29 is 13.9 Å². The first-order valence-electron chi connectivity index (χ1n) is 5.43. The third-order valence-corrected chi connectivity index (χ3v) is 2.63. The molecule has 0 saturated heterocycles. The zero-order chi connectivity index (χ0) is 14.7. The van der Waals surface area contributed by atoms with Gasteiger partial charge in [0, 0.05) is 17.8 Å². The summed E-state index contributed by atoms with van der Waals surface area (Å²) < 4.78 is 18.6. The van der Waals surface area contributed by atoms with Gasteiger partial charge in [-0.25, -0.2) is 14.4 Å². The Morgan fingerprint density at radius 1 is 1.40 bits per heavy atom. The van der Waals surface area contributed by atoms with Crippen LogP contribution in [0.5, 0.6) is 5.75 Å². The van der Waals surface area contributed by atoms with Crippen LogP contribution in [-0.2, 0) is 0 Å². The lowest BCUT2D eigenvalue weighted by atomic mass is 10.1. The number of nitrogens with one attached hydrogen (secondary N) is 1. The second kappa shape index (κ2) is 5.70. The number of methoxy groups -OCH3 is 1. The predicted molar refractivity (Wildman–Crippen MR) is 71.8 cm³/mol. The Kier molecular flexibility index (Phi) is 3.99. The summed E-state index contributed by atoms with van der Waals surface area (Å²) in [5, 5.41) is 3.02. The van der Waals surface area contributed by atoms with Gasteiger partial charge in [0.25, 0.3) is 5.91 Å². The Labute approximate surface area is 118 Å². The van der Waals surface area contributed by atoms with Gasteiger partial charge in [-0.15, -0.1) is 0 Å². The van der Waals surface area contributed by atoms with Gasteiger partial charge in [-0.05, 0) is 6.07 Å². The van der Waals surface area contributed by atoms with E-state index in [0.29, 0.717) is 5.82 Å². The topological polar surface area (TPSA) is 90.1 Å². The molecule has 0 atom stereocenters. The molecule has 0 fully saturated rings. The van der Waals surface area contributed by atoms with Crippen LogP contribution in [0.15, 0.2) is 24.5 Å². The molecule has 6 nitrogen and oxygen atoms in total. The SMILES string of the molecule is COc1c(F)cc(Nc2cc(Cl)ncn2)cc1C(N)=O. The van der Waals surface area contributed by atoms with Gasteiger partial charge in [0.15, 0.2) is 11.6 Å². The van der Waals surface area contributed by atoms with Crippen LogP contribution in [0.1, 0.15) is 10.4 Å². The number of nitrogens with two attached hydrogens (primary N) is 1. The minimum atomic E-state index is -0.801. The van der Waals surface area contributed by atoms with E-state index in [-0.39, 0.29) is 22.2 Å². The molecule has 8 heteroatoms. The third kappa shape index (κ3) is 2.94. The molecule has 0 radical (unpaired) electrons. The Morgan fingerprint density at radius 2 is 2.15 bits per heavy atom. The maximum atomic E-state index is 13.8. The fraction of sp³-hybridized carbons (Fsp3) is 0.0833. The number of hydrogen-bond acceptors (Lipinski definition) is 5. The zero-order valence-corrected chi connectivity index (χ0v) is 11.1. The van der Waals surface area contributed by atoms with Gasteiger partial charge in [0.2, 0.25) is 0 Å². The second-order valence-corrected chi connectivity index (χ2v) is 4.14. The number of nitrogens with zero attached hydrogens (tertiary/aromatic N) is 2. The van der Waals surface area contributed by atoms with Crippen LogP contribution in [-0.4, -0.2) is 23.0 Å². The summed E-state index contributed by atoms with van der Waals surface area (Å²) in [5.74, 6) is -1.37. The first-order valence-corrected chi connectivity index (χ1v) is 5.81. The van der Waals surface area contributed by atoms with Crippen LogP contribution in [0.4, 0.5) is 15.9 Å². The Bertz CT molecular complexity index is 666. The molecule has 0 unspecified atom stereocenters. The number of primary amides is 1. The standard InChI is InChI=1S/C12H10ClFN4O2/c1-20-11-7(12(15)19)2-6(3-8(11)14)18-10-4-9(13)16-5-17-10/h2-5H,1H3,(H2,15,19)(H,16,17,18). The highest BCUT2D eigenvalue weighted by Gasteiger charge is 2.16. The van der Waals surface area contributed by atoms with Gasteiger partial charge in [0.05, 0.1) is 12.7 Å². The van der Waals surface area contributed by atoms with Crippen LogP contribution >= 0.6 is 11.6 Å². The summed E-state index contributed by atoms with van der Waals surface area (Å²) in [6, 6.07) is 3.97. The fourth-order valence-corrected chi connectivity index (χ4v) is 1.75. The van der Waals surface area contributed by atoms with Gasteiger partial charge in [0.1, 0.15) is 17.3 Å². The summed E-state index contributed by atoms with van der Waals surface area (Å²) in [7, 11) is 1.25. The van der Waals surface area contributed by atoms with Crippen molar-refractivity contribution in [3.8, 4) is 5.75 Å². The summed E-state index contributed by atoms with van der Waals surface area (Å²) in [6.45, 7) is 0. The van der Waals surface area contributed by atoms with Crippen molar-refractivity contribution in [1.82, 2.24) is 9.97 Å². The molecule has 20 heavy (non-hydrogen) atoms. The van der Waals surface area contributed by atoms with Crippen LogP contribution in [0, 0.1) is 5.82 Å². The van der Waals surface area contributed by atoms with Crippen LogP contribution in [0.2, 0.25) is 5.15 Å². The van der Waals surface area contributed by atoms with Gasteiger partial charge in [-0.1, -0.05) is 11.6 Å². The van der Waals surface area contributed by atoms with Gasteiger partial charge < -0.3 is 15.8 Å². The van der Waals surface area contributed by atoms with Crippen LogP contribution in [0.25, 0.3) is 0 Å². The van der Waals surface area contributed by atoms with E-state index in [1.165, 1.54) is 25.6 Å². The molecule has 2 rings (SSSR count). The van der Waals surface area contributed by atoms with E-state index in [1.54, 1.807) is 0 Å². The quantitative estimate of drug-likeness (QED) is 0.843. The van der Waals surface area contributed by atoms with E-state index in [1.807, 2.05) is 0 Å². The molecule has 3 N–H and O–H groups in total. The van der Waals surface area contributed by atoms with Crippen LogP contribution < -0.4 is 15.8 Å². The summed E-state index contributed by atoms with van der Waals surface area (Å²) in [6.07, 6.45) is 1.25. The van der Waals surface area contributed by atoms with E-state index < -0.39 is 11.7 Å². The lowest BCUT2D eigenvalue weighted by Crippen LogP contribution is -2.14. The molecule has 104 valence electrons. The van der Waals surface area contributed by atoms with E-state index in [4.69, 9.17) is 22.1 Å². The molecule has 1 amide bonds. The minimum Gasteiger partial charge on any atom is -0.493 e. The highest BCUT2D eigenvalue weighted by atomic mass is 35.5. The maximum Gasteiger partial charge on any atom is 0.252 e. The predicted octanol–water partition coefficient (Wildman–Crippen LogP) is 2.12. The molecule has 0 aliphatic rings. The number of benzene rings is 1. The van der Waals surface area contributed by atoms with Crippen molar-refractivity contribution in [3.05, 3.63) is 41.1 Å². The van der Waals surface area contributed by atoms with Crippen molar-refractivity contribution in [2.45, 2.75) is 0 Å². The van der Waals surface area contributed by atoms with E-state index in [9.17, 15) is 9.18 Å². The van der Waals surface area contributed by atoms with Gasteiger partial charge >= 0.3 is 0 Å². The highest BCUT2D eigenvalue weighted by molar-refractivity contribution is 6.29. The average Bonchev–Trinajstić information content (AvgIpc) is 2.38. The van der Waals surface area contributed by atoms with Gasteiger partial charge in [-0.2, -0.15) is 0 Å². The molecule has 0 spiro atoms. The smallest absolute Gasteiger partial charge is 0.252 e. The Hall–Kier alpha value is -2.41. The van der Waals surface area contributed by atoms with E-state index in [0.717, 1.165) is 6.07 Å². The molecular formula is C12H10ClFN4O2. The molecule has 0 aliphatic carbocycles. The normalized spacial score (nSPS) is 10.2. The molecule has 1 heterocycles. The van der Waals surface area contributed by atoms with E-state index in [2.05, 4.69) is 15.3 Å². The minimum absolute atomic E-state index is 0.0739. The molecule has 1 aromatic carbocycles. The largest absolute Gasteiger partial charge is 0.493 e. The average molecular weight is 297 g/mol. The number of carbonyl (C=O) groups is 1. The van der Waals surface area contributed by atoms with Crippen molar-refractivity contribution in [3.63, 3.8) is 0 Å². The summed E-state index contributed by atoms with van der Waals surface area (Å²) >= 11 is 5.71. The van der Waals surface area contributed by atoms with Crippen molar-refractivity contribution >= 4 is 29.0 Å². The monoisotopic (exact) mass is 296 g/mol. The third-order valence-electron chi connectivity index (χ3n) is 2.42. The zero-order valence-electron chi connectivity index (χ0n) is 10.4. The molecule has 1 aromatic heterocycles. The summed E-state index contributed by atoms with van der Waals surface area (Å²) in [4.78, 5) is 18.9. The van der Waals surface area contributed by atoms with Crippen LogP contribution in [0.3, 0.4) is 0 Å². The maximum absolute atomic E-state index is 13.8. The fourth-order valence-electron chi connectivity index (χ4n) is 1.61. The number of halogens is 2. The van der Waals surface area contributed by atoms with Crippen molar-refractivity contribution in [1.29, 1.82) is 0 Å². The number of ether oxygens (including phenoxy) is 1. The van der Waals surface area contributed by atoms with Crippen molar-refractivity contribution in [2.75, 3.05) is 12.4 Å². The molecule has 0 saturated carbocycles. The Morgan fingerprint density at radius 3 is 2.75 bits per heavy atom. The number of hydrogen-bond donors (Lipinski definition) is 2. The lowest BCUT2D eigenvalue weighted by Gasteiger charge is -2.11. The second-order valence-electron chi connectivity index (χ2n) is 3.75. The first-order chi connectivity index (χ1) is 9.51. The molecule has 0 aliphatic heterocycles. The van der Waals surface area contributed by atoms with Crippen molar-refractivity contribution in [2.24, 2.45) is 5.73 Å². The summed E-state index contributed by atoms with van der Waals surface area (Å²) in [5.41, 5.74) is 5.40. The highest BCUT2D eigenvalue weighted by Crippen LogP contribution is 2.28. The van der Waals surface area contributed by atoms with Gasteiger partial charge in [-0.3, -0.25) is 4.79 Å². The molecular weight excluding hydrogens is 287 g/mol. The number of amides is 1. The number of aromatic nitrogens is 2. The molecule has 0 bridgehead atoms. The number of anilines is 2.